The summed E-state index contributed by atoms with van der Waals surface area (Å²) in [6.45, 7) is 7.60. The van der Waals surface area contributed by atoms with E-state index in [0.29, 0.717) is 17.0 Å². The van der Waals surface area contributed by atoms with Gasteiger partial charge in [0, 0.05) is 45.4 Å². The first-order chi connectivity index (χ1) is 12.2. The van der Waals surface area contributed by atoms with E-state index >= 15 is 4.39 Å². The van der Waals surface area contributed by atoms with Crippen LogP contribution in [0.2, 0.25) is 0 Å². The van der Waals surface area contributed by atoms with Crippen molar-refractivity contribution < 1.29 is 13.9 Å². The molecule has 0 radical (unpaired) electrons. The summed E-state index contributed by atoms with van der Waals surface area (Å²) in [7, 11) is 4.91. The second kappa shape index (κ2) is 9.07. The van der Waals surface area contributed by atoms with Crippen LogP contribution in [-0.2, 0) is 10.3 Å². The molecule has 0 saturated carbocycles. The van der Waals surface area contributed by atoms with E-state index in [1.54, 1.807) is 18.5 Å². The number of alkyl halides is 1. The number of ether oxygens (including phenoxy) is 2. The normalized spacial score (nSPS) is 14.3. The molecule has 1 atom stereocenters. The van der Waals surface area contributed by atoms with E-state index in [1.165, 1.54) is 28.1 Å². The molecular weight excluding hydrogens is 337 g/mol. The van der Waals surface area contributed by atoms with Crippen molar-refractivity contribution in [2.45, 2.75) is 45.3 Å². The molecule has 0 fully saturated rings. The fourth-order valence-corrected chi connectivity index (χ4v) is 2.76. The van der Waals surface area contributed by atoms with Crippen LogP contribution in [0.25, 0.3) is 0 Å². The van der Waals surface area contributed by atoms with Gasteiger partial charge in [0.25, 0.3) is 0 Å². The molecule has 26 heavy (non-hydrogen) atoms. The number of benzene rings is 1. The van der Waals surface area contributed by atoms with Crippen molar-refractivity contribution in [2.75, 3.05) is 34.4 Å². The Balaban J connectivity index is 3.55. The van der Waals surface area contributed by atoms with Gasteiger partial charge in [0.1, 0.15) is 11.4 Å². The standard InChI is InChI=1S/C19H30FN3O3/c1-8-23(5)13-21-16-12-17(26-7)15(11-14(16)2)19(22-24,9-10-25-6)18(3,4)20/h11-13H,8-10H2,1-7H3/b21-13+. The number of nitroso groups, excluding NO2 is 1. The van der Waals surface area contributed by atoms with Crippen molar-refractivity contribution in [1.82, 2.24) is 4.90 Å². The molecule has 0 spiro atoms. The van der Waals surface area contributed by atoms with E-state index in [0.717, 1.165) is 12.1 Å². The van der Waals surface area contributed by atoms with Crippen molar-refractivity contribution in [1.29, 1.82) is 0 Å². The summed E-state index contributed by atoms with van der Waals surface area (Å²) in [6, 6.07) is 3.44. The van der Waals surface area contributed by atoms with Gasteiger partial charge in [0.05, 0.1) is 19.1 Å². The van der Waals surface area contributed by atoms with Crippen LogP contribution in [0.3, 0.4) is 0 Å². The molecule has 0 N–H and O–H groups in total. The molecule has 0 aliphatic heterocycles. The van der Waals surface area contributed by atoms with Gasteiger partial charge in [-0.2, -0.15) is 0 Å². The molecule has 0 amide bonds. The number of hydrogen-bond donors (Lipinski definition) is 0. The lowest BCUT2D eigenvalue weighted by atomic mass is 9.75. The highest BCUT2D eigenvalue weighted by Gasteiger charge is 2.51. The smallest absolute Gasteiger partial charge is 0.166 e. The summed E-state index contributed by atoms with van der Waals surface area (Å²) in [5, 5.41) is 3.23. The van der Waals surface area contributed by atoms with Gasteiger partial charge in [-0.05, 0) is 39.3 Å². The zero-order valence-corrected chi connectivity index (χ0v) is 16.8. The van der Waals surface area contributed by atoms with Crippen LogP contribution in [0.1, 0.15) is 38.3 Å². The maximum atomic E-state index is 15.1. The number of methoxy groups -OCH3 is 2. The van der Waals surface area contributed by atoms with Gasteiger partial charge in [-0.25, -0.2) is 9.38 Å². The van der Waals surface area contributed by atoms with Crippen molar-refractivity contribution in [2.24, 2.45) is 10.2 Å². The predicted octanol–water partition coefficient (Wildman–Crippen LogP) is 4.36. The molecule has 1 unspecified atom stereocenters. The Bertz CT molecular complexity index is 644. The third-order valence-corrected chi connectivity index (χ3v) is 4.66. The summed E-state index contributed by atoms with van der Waals surface area (Å²) in [5.74, 6) is 0.378. The van der Waals surface area contributed by atoms with Gasteiger partial charge >= 0.3 is 0 Å². The highest BCUT2D eigenvalue weighted by atomic mass is 19.1. The topological polar surface area (TPSA) is 63.5 Å². The lowest BCUT2D eigenvalue weighted by Crippen LogP contribution is -2.43. The number of nitrogens with zero attached hydrogens (tertiary/aromatic N) is 3. The molecule has 0 aliphatic rings. The Morgan fingerprint density at radius 3 is 2.42 bits per heavy atom. The maximum Gasteiger partial charge on any atom is 0.166 e. The van der Waals surface area contributed by atoms with Gasteiger partial charge in [0.2, 0.25) is 0 Å². The zero-order chi connectivity index (χ0) is 20.0. The number of aryl methyl sites for hydroxylation is 1. The van der Waals surface area contributed by atoms with Gasteiger partial charge in [-0.3, -0.25) is 0 Å². The molecule has 146 valence electrons. The lowest BCUT2D eigenvalue weighted by molar-refractivity contribution is 0.0574. The number of aliphatic imine (C=N–C) groups is 1. The molecule has 1 aromatic carbocycles. The fourth-order valence-electron chi connectivity index (χ4n) is 2.76. The van der Waals surface area contributed by atoms with E-state index in [-0.39, 0.29) is 13.0 Å². The lowest BCUT2D eigenvalue weighted by Gasteiger charge is -2.36. The molecule has 6 nitrogen and oxygen atoms in total. The fraction of sp³-hybridized carbons (Fsp3) is 0.632. The Morgan fingerprint density at radius 1 is 1.31 bits per heavy atom. The largest absolute Gasteiger partial charge is 0.496 e. The van der Waals surface area contributed by atoms with Crippen LogP contribution >= 0.6 is 0 Å². The predicted molar refractivity (Wildman–Crippen MR) is 103 cm³/mol. The van der Waals surface area contributed by atoms with Crippen LogP contribution in [0, 0.1) is 11.8 Å². The molecule has 0 aliphatic carbocycles. The summed E-state index contributed by atoms with van der Waals surface area (Å²) >= 11 is 0. The summed E-state index contributed by atoms with van der Waals surface area (Å²) in [6.07, 6.45) is 1.82. The van der Waals surface area contributed by atoms with Crippen LogP contribution in [0.4, 0.5) is 10.1 Å². The monoisotopic (exact) mass is 367 g/mol. The Kier molecular flexibility index (Phi) is 7.68. The van der Waals surface area contributed by atoms with Crippen LogP contribution in [-0.4, -0.2) is 51.3 Å². The number of rotatable bonds is 10. The number of hydrogen-bond acceptors (Lipinski definition) is 5. The van der Waals surface area contributed by atoms with Crippen molar-refractivity contribution in [3.8, 4) is 5.75 Å². The molecule has 1 rings (SSSR count). The van der Waals surface area contributed by atoms with Gasteiger partial charge in [-0.15, -0.1) is 4.91 Å². The second-order valence-corrected chi connectivity index (χ2v) is 6.82. The first-order valence-electron chi connectivity index (χ1n) is 8.62. The van der Waals surface area contributed by atoms with Gasteiger partial charge in [-0.1, -0.05) is 5.18 Å². The van der Waals surface area contributed by atoms with Crippen molar-refractivity contribution in [3.63, 3.8) is 0 Å². The van der Waals surface area contributed by atoms with Crippen LogP contribution in [0.5, 0.6) is 5.75 Å². The third-order valence-electron chi connectivity index (χ3n) is 4.66. The molecule has 0 bridgehead atoms. The Hall–Kier alpha value is -2.02. The highest BCUT2D eigenvalue weighted by molar-refractivity contribution is 5.65. The molecular formula is C19H30FN3O3. The average molecular weight is 367 g/mol. The first kappa shape index (κ1) is 22.0. The van der Waals surface area contributed by atoms with Gasteiger partial charge < -0.3 is 14.4 Å². The Labute approximate surface area is 155 Å². The van der Waals surface area contributed by atoms with Crippen LogP contribution in [0.15, 0.2) is 22.3 Å². The maximum absolute atomic E-state index is 15.1. The van der Waals surface area contributed by atoms with E-state index in [9.17, 15) is 4.91 Å². The summed E-state index contributed by atoms with van der Waals surface area (Å²) < 4.78 is 25.7. The average Bonchev–Trinajstić information content (AvgIpc) is 2.60. The Morgan fingerprint density at radius 2 is 1.96 bits per heavy atom. The van der Waals surface area contributed by atoms with Gasteiger partial charge in [0.15, 0.2) is 5.54 Å². The third kappa shape index (κ3) is 4.58. The second-order valence-electron chi connectivity index (χ2n) is 6.82. The molecule has 1 aromatic rings. The highest BCUT2D eigenvalue weighted by Crippen LogP contribution is 2.47. The molecule has 0 aromatic heterocycles. The van der Waals surface area contributed by atoms with E-state index in [4.69, 9.17) is 9.47 Å². The summed E-state index contributed by atoms with van der Waals surface area (Å²) in [5.41, 5.74) is -1.63. The first-order valence-corrected chi connectivity index (χ1v) is 8.62. The minimum Gasteiger partial charge on any atom is -0.496 e. The number of halogens is 1. The quantitative estimate of drug-likeness (QED) is 0.350. The minimum absolute atomic E-state index is 0.105. The van der Waals surface area contributed by atoms with E-state index in [1.807, 2.05) is 25.8 Å². The molecule has 0 heterocycles. The summed E-state index contributed by atoms with van der Waals surface area (Å²) in [4.78, 5) is 18.2. The molecule has 7 heteroatoms. The van der Waals surface area contributed by atoms with E-state index in [2.05, 4.69) is 10.2 Å². The molecule has 0 saturated heterocycles. The van der Waals surface area contributed by atoms with E-state index < -0.39 is 11.2 Å². The van der Waals surface area contributed by atoms with Crippen molar-refractivity contribution >= 4 is 12.0 Å². The van der Waals surface area contributed by atoms with Crippen LogP contribution < -0.4 is 4.74 Å². The minimum atomic E-state index is -1.90. The van der Waals surface area contributed by atoms with Crippen molar-refractivity contribution in [3.05, 3.63) is 28.2 Å². The SMILES string of the molecule is CCN(C)/C=N/c1cc(OC)c(C(CCOC)(N=O)C(C)(C)F)cc1C. The zero-order valence-electron chi connectivity index (χ0n) is 16.8.